The van der Waals surface area contributed by atoms with Crippen LogP contribution in [-0.4, -0.2) is 48.4 Å². The van der Waals surface area contributed by atoms with Crippen LogP contribution in [0.2, 0.25) is 0 Å². The van der Waals surface area contributed by atoms with E-state index in [0.29, 0.717) is 19.5 Å². The Hall–Kier alpha value is -2.22. The molecule has 146 valence electrons. The number of nitrogens with zero attached hydrogens (tertiary/aromatic N) is 2. The predicted octanol–water partition coefficient (Wildman–Crippen LogP) is 2.29. The predicted molar refractivity (Wildman–Crippen MR) is 104 cm³/mol. The summed E-state index contributed by atoms with van der Waals surface area (Å²) in [6.07, 6.45) is 0.487. The summed E-state index contributed by atoms with van der Waals surface area (Å²) in [5.74, 6) is -0.0838. The number of ether oxygens (including phenoxy) is 1. The Balaban J connectivity index is 1.43. The van der Waals surface area contributed by atoms with Crippen LogP contribution in [-0.2, 0) is 25.3 Å². The number of hydrogen-bond donors (Lipinski definition) is 0. The molecule has 3 atom stereocenters. The van der Waals surface area contributed by atoms with Crippen molar-refractivity contribution in [1.82, 2.24) is 9.21 Å². The molecule has 7 heteroatoms. The normalized spacial score (nSPS) is 29.9. The molecule has 2 aromatic carbocycles. The molecule has 0 aliphatic carbocycles. The lowest BCUT2D eigenvalue weighted by molar-refractivity contribution is -0.138. The highest BCUT2D eigenvalue weighted by atomic mass is 32.2. The van der Waals surface area contributed by atoms with E-state index in [-0.39, 0.29) is 24.2 Å². The first kappa shape index (κ1) is 17.8. The van der Waals surface area contributed by atoms with Gasteiger partial charge in [-0.3, -0.25) is 4.79 Å². The summed E-state index contributed by atoms with van der Waals surface area (Å²) >= 11 is 0. The summed E-state index contributed by atoms with van der Waals surface area (Å²) in [7, 11) is -3.54. The molecule has 3 saturated heterocycles. The summed E-state index contributed by atoms with van der Waals surface area (Å²) in [5.41, 5.74) is 0.934. The standard InChI is InChI=1S/C21H22N2O4S/c24-20-13-19-21(22(20)14-18(27-21)17-9-5-2-6-10-17)11-12-23(19)28(25,26)15-16-7-3-1-4-8-16/h1-10,18-19H,11-15H2/t18-,19-,21+/m1/s1. The Labute approximate surface area is 164 Å². The van der Waals surface area contributed by atoms with Gasteiger partial charge in [0.1, 0.15) is 6.10 Å². The lowest BCUT2D eigenvalue weighted by Crippen LogP contribution is -2.48. The van der Waals surface area contributed by atoms with Gasteiger partial charge < -0.3 is 9.64 Å². The number of rotatable bonds is 4. The summed E-state index contributed by atoms with van der Waals surface area (Å²) in [6, 6.07) is 18.5. The van der Waals surface area contributed by atoms with Gasteiger partial charge in [0.25, 0.3) is 0 Å². The van der Waals surface area contributed by atoms with E-state index >= 15 is 0 Å². The molecular weight excluding hydrogens is 376 g/mol. The lowest BCUT2D eigenvalue weighted by atomic mass is 10.1. The number of benzene rings is 2. The molecule has 5 rings (SSSR count). The molecule has 0 saturated carbocycles. The van der Waals surface area contributed by atoms with Crippen LogP contribution >= 0.6 is 0 Å². The van der Waals surface area contributed by atoms with Crippen LogP contribution in [0.5, 0.6) is 0 Å². The second-order valence-corrected chi connectivity index (χ2v) is 9.61. The topological polar surface area (TPSA) is 66.9 Å². The third-order valence-corrected chi connectivity index (χ3v) is 7.95. The van der Waals surface area contributed by atoms with Crippen molar-refractivity contribution in [2.75, 3.05) is 13.1 Å². The smallest absolute Gasteiger partial charge is 0.226 e. The first-order chi connectivity index (χ1) is 13.5. The minimum Gasteiger partial charge on any atom is -0.344 e. The van der Waals surface area contributed by atoms with Crippen molar-refractivity contribution in [3.8, 4) is 0 Å². The van der Waals surface area contributed by atoms with Crippen molar-refractivity contribution < 1.29 is 17.9 Å². The van der Waals surface area contributed by atoms with Crippen molar-refractivity contribution >= 4 is 15.9 Å². The fraction of sp³-hybridized carbons (Fsp3) is 0.381. The number of sulfonamides is 1. The van der Waals surface area contributed by atoms with Gasteiger partial charge in [0.2, 0.25) is 15.9 Å². The van der Waals surface area contributed by atoms with Crippen molar-refractivity contribution in [1.29, 1.82) is 0 Å². The Bertz CT molecular complexity index is 996. The molecule has 0 bridgehead atoms. The van der Waals surface area contributed by atoms with Gasteiger partial charge in [-0.15, -0.1) is 0 Å². The Morgan fingerprint density at radius 3 is 2.43 bits per heavy atom. The average Bonchev–Trinajstić information content (AvgIpc) is 3.32. The third-order valence-electron chi connectivity index (χ3n) is 6.10. The van der Waals surface area contributed by atoms with Gasteiger partial charge in [0.15, 0.2) is 5.72 Å². The molecule has 3 fully saturated rings. The maximum absolute atomic E-state index is 13.1. The molecule has 2 aromatic rings. The highest BCUT2D eigenvalue weighted by Gasteiger charge is 2.65. The fourth-order valence-electron chi connectivity index (χ4n) is 4.83. The second kappa shape index (κ2) is 6.40. The largest absolute Gasteiger partial charge is 0.344 e. The molecule has 6 nitrogen and oxygen atoms in total. The first-order valence-corrected chi connectivity index (χ1v) is 11.2. The summed E-state index contributed by atoms with van der Waals surface area (Å²) in [5, 5.41) is 0. The Morgan fingerprint density at radius 1 is 1.04 bits per heavy atom. The van der Waals surface area contributed by atoms with E-state index in [1.165, 1.54) is 4.31 Å². The van der Waals surface area contributed by atoms with Crippen LogP contribution in [0.15, 0.2) is 60.7 Å². The van der Waals surface area contributed by atoms with Gasteiger partial charge in [0, 0.05) is 19.4 Å². The molecule has 0 aromatic heterocycles. The zero-order chi connectivity index (χ0) is 19.4. The molecular formula is C21H22N2O4S. The molecule has 3 heterocycles. The number of hydrogen-bond acceptors (Lipinski definition) is 4. The molecule has 3 aliphatic heterocycles. The molecule has 1 spiro atoms. The Morgan fingerprint density at radius 2 is 1.71 bits per heavy atom. The van der Waals surface area contributed by atoms with Crippen molar-refractivity contribution in [3.63, 3.8) is 0 Å². The third kappa shape index (κ3) is 2.69. The zero-order valence-corrected chi connectivity index (χ0v) is 16.2. The van der Waals surface area contributed by atoms with Crippen LogP contribution in [0, 0.1) is 0 Å². The fourth-order valence-corrected chi connectivity index (χ4v) is 6.61. The van der Waals surface area contributed by atoms with Gasteiger partial charge >= 0.3 is 0 Å². The summed E-state index contributed by atoms with van der Waals surface area (Å²) in [4.78, 5) is 14.5. The summed E-state index contributed by atoms with van der Waals surface area (Å²) in [6.45, 7) is 0.858. The molecule has 3 aliphatic rings. The van der Waals surface area contributed by atoms with E-state index in [4.69, 9.17) is 4.74 Å². The first-order valence-electron chi connectivity index (χ1n) is 9.56. The molecule has 28 heavy (non-hydrogen) atoms. The van der Waals surface area contributed by atoms with E-state index in [9.17, 15) is 13.2 Å². The van der Waals surface area contributed by atoms with E-state index in [1.54, 1.807) is 4.90 Å². The number of amides is 1. The van der Waals surface area contributed by atoms with Crippen LogP contribution in [0.25, 0.3) is 0 Å². The van der Waals surface area contributed by atoms with Gasteiger partial charge in [-0.2, -0.15) is 4.31 Å². The molecule has 0 radical (unpaired) electrons. The lowest BCUT2D eigenvalue weighted by Gasteiger charge is -2.31. The minimum atomic E-state index is -3.54. The second-order valence-electron chi connectivity index (χ2n) is 7.69. The van der Waals surface area contributed by atoms with Crippen LogP contribution in [0.4, 0.5) is 0 Å². The van der Waals surface area contributed by atoms with E-state index < -0.39 is 21.8 Å². The average molecular weight is 398 g/mol. The number of carbonyl (C=O) groups excluding carboxylic acids is 1. The quantitative estimate of drug-likeness (QED) is 0.793. The maximum Gasteiger partial charge on any atom is 0.226 e. The van der Waals surface area contributed by atoms with Crippen LogP contribution in [0.1, 0.15) is 30.1 Å². The Kier molecular flexibility index (Phi) is 4.08. The van der Waals surface area contributed by atoms with Crippen molar-refractivity contribution in [2.45, 2.75) is 36.5 Å². The monoisotopic (exact) mass is 398 g/mol. The number of carbonyl (C=O) groups is 1. The van der Waals surface area contributed by atoms with Gasteiger partial charge in [-0.25, -0.2) is 8.42 Å². The van der Waals surface area contributed by atoms with Crippen molar-refractivity contribution in [3.05, 3.63) is 71.8 Å². The summed E-state index contributed by atoms with van der Waals surface area (Å²) < 4.78 is 34.2. The molecule has 1 amide bonds. The molecule has 0 unspecified atom stereocenters. The molecule has 0 N–H and O–H groups in total. The maximum atomic E-state index is 13.1. The van der Waals surface area contributed by atoms with Crippen molar-refractivity contribution in [2.24, 2.45) is 0 Å². The van der Waals surface area contributed by atoms with E-state index in [0.717, 1.165) is 11.1 Å². The van der Waals surface area contributed by atoms with E-state index in [1.807, 2.05) is 60.7 Å². The SMILES string of the molecule is O=C1C[C@H]2N(S(=O)(=O)Cc3ccccc3)CC[C@]23O[C@@H](c2ccccc2)CN13. The van der Waals surface area contributed by atoms with Gasteiger partial charge in [-0.1, -0.05) is 60.7 Å². The minimum absolute atomic E-state index is 0.0250. The van der Waals surface area contributed by atoms with E-state index in [2.05, 4.69) is 0 Å². The van der Waals surface area contributed by atoms with Gasteiger partial charge in [-0.05, 0) is 11.1 Å². The highest BCUT2D eigenvalue weighted by molar-refractivity contribution is 7.88. The zero-order valence-electron chi connectivity index (χ0n) is 15.4. The van der Waals surface area contributed by atoms with Crippen LogP contribution in [0.3, 0.4) is 0 Å². The van der Waals surface area contributed by atoms with Gasteiger partial charge in [0.05, 0.1) is 18.3 Å². The van der Waals surface area contributed by atoms with Crippen LogP contribution < -0.4 is 0 Å². The highest BCUT2D eigenvalue weighted by Crippen LogP contribution is 2.51.